The molecule has 0 unspecified atom stereocenters. The number of ether oxygens (including phenoxy) is 12. The lowest BCUT2D eigenvalue weighted by Crippen LogP contribution is -2.62. The van der Waals surface area contributed by atoms with Crippen LogP contribution in [0.1, 0.15) is 0 Å². The summed E-state index contributed by atoms with van der Waals surface area (Å²) in [7, 11) is 0. The first kappa shape index (κ1) is 80.9. The molecule has 92 heavy (non-hydrogen) atoms. The van der Waals surface area contributed by atoms with Gasteiger partial charge in [-0.1, -0.05) is 0 Å². The minimum atomic E-state index is -2.22. The maximum atomic E-state index is 10.00. The molecule has 0 amide bonds. The predicted octanol–water partition coefficient (Wildman–Crippen LogP) is -21.6. The van der Waals surface area contributed by atoms with Crippen LogP contribution in [0.5, 0.6) is 0 Å². The molecule has 0 radical (unpaired) electrons. The molecule has 8 heterocycles. The van der Waals surface area contributed by atoms with Crippen molar-refractivity contribution in [1.82, 2.24) is 0 Å². The van der Waals surface area contributed by atoms with Gasteiger partial charge in [0.25, 0.3) is 0 Å². The van der Waals surface area contributed by atoms with E-state index in [0.717, 1.165) is 0 Å². The van der Waals surface area contributed by atoms with Gasteiger partial charge in [-0.05, 0) is 0 Å². The van der Waals surface area contributed by atoms with Gasteiger partial charge in [0.15, 0.2) is 25.2 Å². The quantitative estimate of drug-likeness (QED) is 0.0538. The van der Waals surface area contributed by atoms with E-state index in [9.17, 15) is 123 Å². The third kappa shape index (κ3) is 16.4. The smallest absolute Gasteiger partial charge is 0.224 e. The molecule has 0 saturated carbocycles. The van der Waals surface area contributed by atoms with Crippen molar-refractivity contribution in [2.75, 3.05) is 79.3 Å². The van der Waals surface area contributed by atoms with Crippen LogP contribution in [0, 0.1) is 0 Å². The molecule has 0 aliphatic carbocycles. The van der Waals surface area contributed by atoms with Crippen LogP contribution in [0.25, 0.3) is 0 Å². The standard InChI is InChI=1S/4C12H22O11/c4*13-1-4-6(16)8(18)9(19)11(21-4)23-12(3-15)10(20)7(17)5(2-14)22-12/h4*4-11,13-20H,1-3H2/t4*4-,5-,6-,7-,8+,9-,10+,11-,12+/m1111/s1. The van der Waals surface area contributed by atoms with Crippen molar-refractivity contribution in [3.8, 4) is 0 Å². The zero-order valence-corrected chi connectivity index (χ0v) is 48.2. The Hall–Kier alpha value is -1.76. The van der Waals surface area contributed by atoms with E-state index in [-0.39, 0.29) is 0 Å². The molecule has 8 rings (SSSR count). The Morgan fingerprint density at radius 3 is 0.467 bits per heavy atom. The molecule has 8 fully saturated rings. The van der Waals surface area contributed by atoms with Gasteiger partial charge in [-0.25, -0.2) is 0 Å². The summed E-state index contributed by atoms with van der Waals surface area (Å²) in [6.07, 6.45) is -50.6. The lowest BCUT2D eigenvalue weighted by Gasteiger charge is -2.43. The molecule has 44 nitrogen and oxygen atoms in total. The van der Waals surface area contributed by atoms with Crippen molar-refractivity contribution in [2.45, 2.75) is 219 Å². The van der Waals surface area contributed by atoms with E-state index in [1.54, 1.807) is 0 Å². The fourth-order valence-electron chi connectivity index (χ4n) is 10.5. The molecule has 0 bridgehead atoms. The van der Waals surface area contributed by atoms with Crippen LogP contribution >= 0.6 is 0 Å². The van der Waals surface area contributed by atoms with Crippen molar-refractivity contribution in [2.24, 2.45) is 0 Å². The van der Waals surface area contributed by atoms with Crippen LogP contribution < -0.4 is 0 Å². The van der Waals surface area contributed by atoms with E-state index >= 15 is 0 Å². The third-order valence-corrected chi connectivity index (χ3v) is 16.3. The van der Waals surface area contributed by atoms with Crippen molar-refractivity contribution in [3.63, 3.8) is 0 Å². The number of aliphatic hydroxyl groups is 32. The first-order valence-corrected chi connectivity index (χ1v) is 28.2. The highest BCUT2D eigenvalue weighted by atomic mass is 16.8. The summed E-state index contributed by atoms with van der Waals surface area (Å²) >= 11 is 0. The number of aliphatic hydroxyl groups excluding tert-OH is 32. The number of hydrogen-bond donors (Lipinski definition) is 32. The summed E-state index contributed by atoms with van der Waals surface area (Å²) in [6.45, 7) is -9.29. The highest BCUT2D eigenvalue weighted by molar-refractivity contribution is 5.03. The molecular weight excluding hydrogens is 1280 g/mol. The second kappa shape index (κ2) is 34.3. The van der Waals surface area contributed by atoms with Gasteiger partial charge in [-0.15, -0.1) is 0 Å². The minimum Gasteiger partial charge on any atom is -0.394 e. The maximum Gasteiger partial charge on any atom is 0.224 e. The number of hydrogen-bond acceptors (Lipinski definition) is 44. The molecule has 36 atom stereocenters. The van der Waals surface area contributed by atoms with Gasteiger partial charge >= 0.3 is 0 Å². The first-order valence-electron chi connectivity index (χ1n) is 28.2. The lowest BCUT2D eigenvalue weighted by molar-refractivity contribution is -0.383. The van der Waals surface area contributed by atoms with Crippen LogP contribution in [-0.4, -0.2) is 462 Å². The lowest BCUT2D eigenvalue weighted by atomic mass is 9.99. The molecule has 32 N–H and O–H groups in total. The van der Waals surface area contributed by atoms with Crippen molar-refractivity contribution in [3.05, 3.63) is 0 Å². The van der Waals surface area contributed by atoms with E-state index in [2.05, 4.69) is 0 Å². The topological polar surface area (TPSA) is 758 Å². The zero-order valence-electron chi connectivity index (χ0n) is 48.2. The monoisotopic (exact) mass is 1370 g/mol. The second-order valence-corrected chi connectivity index (χ2v) is 22.2. The zero-order chi connectivity index (χ0) is 69.4. The van der Waals surface area contributed by atoms with E-state index in [1.807, 2.05) is 0 Å². The van der Waals surface area contributed by atoms with Crippen LogP contribution in [0.15, 0.2) is 0 Å². The van der Waals surface area contributed by atoms with Crippen LogP contribution in [0.2, 0.25) is 0 Å². The molecule has 544 valence electrons. The molecule has 0 spiro atoms. The fourth-order valence-corrected chi connectivity index (χ4v) is 10.5. The van der Waals surface area contributed by atoms with E-state index in [1.165, 1.54) is 0 Å². The molecule has 44 heteroatoms. The Labute approximate surface area is 518 Å². The van der Waals surface area contributed by atoms with Crippen molar-refractivity contribution >= 4 is 0 Å². The third-order valence-electron chi connectivity index (χ3n) is 16.3. The Balaban J connectivity index is 0.000000223. The molecule has 8 aliphatic rings. The molecule has 8 aliphatic heterocycles. The summed E-state index contributed by atoms with van der Waals surface area (Å²) in [6, 6.07) is 0. The van der Waals surface area contributed by atoms with Crippen LogP contribution in [0.3, 0.4) is 0 Å². The maximum absolute atomic E-state index is 10.00. The van der Waals surface area contributed by atoms with Gasteiger partial charge in [0.1, 0.15) is 197 Å². The number of rotatable bonds is 20. The Morgan fingerprint density at radius 1 is 0.196 bits per heavy atom. The van der Waals surface area contributed by atoms with Crippen molar-refractivity contribution < 1.29 is 220 Å². The first-order chi connectivity index (χ1) is 43.2. The summed E-state index contributed by atoms with van der Waals surface area (Å²) in [5, 5.41) is 307. The Bertz CT molecular complexity index is 1860. The van der Waals surface area contributed by atoms with Crippen LogP contribution in [-0.2, 0) is 56.8 Å². The summed E-state index contributed by atoms with van der Waals surface area (Å²) in [5.41, 5.74) is 0. The average Bonchev–Trinajstić information content (AvgIpc) is 1.62. The highest BCUT2D eigenvalue weighted by Gasteiger charge is 2.63. The molecule has 0 aromatic carbocycles. The Morgan fingerprint density at radius 2 is 0.348 bits per heavy atom. The predicted molar refractivity (Wildman–Crippen MR) is 275 cm³/mol. The van der Waals surface area contributed by atoms with E-state index in [0.29, 0.717) is 0 Å². The molecule has 0 aromatic rings. The minimum absolute atomic E-state index is 0.669. The molecular formula is C48H88O44. The van der Waals surface area contributed by atoms with Gasteiger partial charge < -0.3 is 220 Å². The van der Waals surface area contributed by atoms with Crippen molar-refractivity contribution in [1.29, 1.82) is 0 Å². The average molecular weight is 1370 g/mol. The van der Waals surface area contributed by atoms with Gasteiger partial charge in [0, 0.05) is 0 Å². The normalized spacial score (nSPS) is 51.1. The largest absolute Gasteiger partial charge is 0.394 e. The van der Waals surface area contributed by atoms with Gasteiger partial charge in [-0.2, -0.15) is 0 Å². The van der Waals surface area contributed by atoms with E-state index < -0.39 is 299 Å². The fraction of sp³-hybridized carbons (Fsp3) is 1.00. The SMILES string of the molecule is OC[C@H]1O[C@@](CO)(O[C@H]2O[C@H](CO)[C@@H](O)[C@H](O)[C@H]2O)[C@@H](O)[C@@H]1O.OC[C@H]1O[C@@](CO)(O[C@H]2O[C@H](CO)[C@@H](O)[C@H](O)[C@H]2O)[C@@H](O)[C@@H]1O.OC[C@H]1O[C@@](CO)(O[C@H]2O[C@H](CO)[C@@H](O)[C@H](O)[C@H]2O)[C@@H](O)[C@@H]1O.OC[C@H]1O[C@@](CO)(O[C@H]2O[C@H](CO)[C@@H](O)[C@H](O)[C@H]2O)[C@@H](O)[C@@H]1O. The summed E-state index contributed by atoms with van der Waals surface area (Å²) < 4.78 is 61.8. The van der Waals surface area contributed by atoms with Gasteiger partial charge in [-0.3, -0.25) is 0 Å². The van der Waals surface area contributed by atoms with E-state index in [4.69, 9.17) is 97.7 Å². The van der Waals surface area contributed by atoms with Gasteiger partial charge in [0.2, 0.25) is 23.1 Å². The highest BCUT2D eigenvalue weighted by Crippen LogP contribution is 2.40. The Kier molecular flexibility index (Phi) is 30.2. The van der Waals surface area contributed by atoms with Crippen LogP contribution in [0.4, 0.5) is 0 Å². The second-order valence-electron chi connectivity index (χ2n) is 22.2. The summed E-state index contributed by atoms with van der Waals surface area (Å²) in [4.78, 5) is 0. The molecule has 8 saturated heterocycles. The molecule has 0 aromatic heterocycles. The summed E-state index contributed by atoms with van der Waals surface area (Å²) in [5.74, 6) is -8.89. The van der Waals surface area contributed by atoms with Gasteiger partial charge in [0.05, 0.1) is 52.9 Å².